The van der Waals surface area contributed by atoms with E-state index < -0.39 is 0 Å². The Morgan fingerprint density at radius 3 is 2.75 bits per heavy atom. The molecule has 0 radical (unpaired) electrons. The van der Waals surface area contributed by atoms with Crippen molar-refractivity contribution in [1.82, 2.24) is 0 Å². The molecule has 102 valence electrons. The van der Waals surface area contributed by atoms with Crippen LogP contribution in [0.5, 0.6) is 0 Å². The minimum absolute atomic E-state index is 0.0899. The van der Waals surface area contributed by atoms with Gasteiger partial charge in [-0.05, 0) is 31.2 Å². The van der Waals surface area contributed by atoms with Crippen molar-refractivity contribution in [2.24, 2.45) is 5.73 Å². The topological polar surface area (TPSA) is 39.2 Å². The van der Waals surface area contributed by atoms with E-state index in [1.54, 1.807) is 11.8 Å². The minimum atomic E-state index is -0.0899. The maximum Gasteiger partial charge on any atom is 0.134 e. The first-order valence-electron chi connectivity index (χ1n) is 6.66. The summed E-state index contributed by atoms with van der Waals surface area (Å²) in [5.74, 6) is 1.66. The summed E-state index contributed by atoms with van der Waals surface area (Å²) in [5, 5.41) is 1.11. The van der Waals surface area contributed by atoms with Crippen molar-refractivity contribution >= 4 is 22.7 Å². The van der Waals surface area contributed by atoms with Crippen LogP contribution < -0.4 is 5.73 Å². The molecule has 1 heterocycles. The average molecular weight is 283 g/mol. The zero-order valence-corrected chi connectivity index (χ0v) is 12.2. The van der Waals surface area contributed by atoms with E-state index in [1.165, 1.54) is 10.5 Å². The smallest absolute Gasteiger partial charge is 0.134 e. The molecule has 20 heavy (non-hydrogen) atoms. The second-order valence-electron chi connectivity index (χ2n) is 4.92. The molecule has 0 fully saturated rings. The van der Waals surface area contributed by atoms with Crippen molar-refractivity contribution in [2.45, 2.75) is 17.9 Å². The molecular formula is C17H17NOS. The Kier molecular flexibility index (Phi) is 3.81. The molecule has 0 aliphatic rings. The largest absolute Gasteiger partial charge is 0.459 e. The van der Waals surface area contributed by atoms with Crippen LogP contribution in [0.25, 0.3) is 11.0 Å². The second-order valence-corrected chi connectivity index (χ2v) is 6.01. The molecule has 0 bridgehead atoms. The number of thioether (sulfide) groups is 1. The van der Waals surface area contributed by atoms with Crippen molar-refractivity contribution in [3.05, 3.63) is 65.9 Å². The van der Waals surface area contributed by atoms with Gasteiger partial charge in [0.2, 0.25) is 0 Å². The minimum Gasteiger partial charge on any atom is -0.459 e. The Bertz CT molecular complexity index is 687. The van der Waals surface area contributed by atoms with Crippen LogP contribution in [0.4, 0.5) is 0 Å². The van der Waals surface area contributed by atoms with Crippen LogP contribution in [0, 0.1) is 6.92 Å². The van der Waals surface area contributed by atoms with Crippen LogP contribution in [0.15, 0.2) is 63.9 Å². The lowest BCUT2D eigenvalue weighted by molar-refractivity contribution is 0.516. The molecule has 1 aromatic heterocycles. The van der Waals surface area contributed by atoms with Crippen LogP contribution >= 0.6 is 11.8 Å². The van der Waals surface area contributed by atoms with E-state index >= 15 is 0 Å². The van der Waals surface area contributed by atoms with Crippen LogP contribution in [0.2, 0.25) is 0 Å². The summed E-state index contributed by atoms with van der Waals surface area (Å²) in [6.45, 7) is 2.10. The first kappa shape index (κ1) is 13.3. The molecule has 0 spiro atoms. The van der Waals surface area contributed by atoms with Gasteiger partial charge < -0.3 is 10.2 Å². The Hall–Kier alpha value is -1.71. The van der Waals surface area contributed by atoms with Gasteiger partial charge in [0.15, 0.2) is 0 Å². The SMILES string of the molecule is Cc1cccc(SCC(N)c2cc3ccccc3o2)c1. The van der Waals surface area contributed by atoms with Crippen molar-refractivity contribution in [2.75, 3.05) is 5.75 Å². The molecule has 3 aromatic rings. The lowest BCUT2D eigenvalue weighted by atomic mass is 10.2. The number of para-hydroxylation sites is 1. The number of aryl methyl sites for hydroxylation is 1. The van der Waals surface area contributed by atoms with Gasteiger partial charge in [0.1, 0.15) is 11.3 Å². The number of furan rings is 1. The lowest BCUT2D eigenvalue weighted by Gasteiger charge is -2.08. The van der Waals surface area contributed by atoms with Crippen molar-refractivity contribution in [3.8, 4) is 0 Å². The highest BCUT2D eigenvalue weighted by atomic mass is 32.2. The molecule has 3 heteroatoms. The molecule has 2 N–H and O–H groups in total. The summed E-state index contributed by atoms with van der Waals surface area (Å²) < 4.78 is 5.80. The summed E-state index contributed by atoms with van der Waals surface area (Å²) in [4.78, 5) is 1.25. The van der Waals surface area contributed by atoms with Crippen molar-refractivity contribution in [3.63, 3.8) is 0 Å². The number of nitrogens with two attached hydrogens (primary N) is 1. The van der Waals surface area contributed by atoms with Gasteiger partial charge in [-0.2, -0.15) is 0 Å². The first-order valence-corrected chi connectivity index (χ1v) is 7.64. The Labute approximate surface area is 123 Å². The second kappa shape index (κ2) is 5.73. The molecule has 0 amide bonds. The number of rotatable bonds is 4. The van der Waals surface area contributed by atoms with E-state index in [4.69, 9.17) is 10.2 Å². The Balaban J connectivity index is 1.71. The predicted octanol–water partition coefficient (Wildman–Crippen LogP) is 4.53. The molecule has 0 aliphatic carbocycles. The van der Waals surface area contributed by atoms with Gasteiger partial charge in [0, 0.05) is 16.0 Å². The van der Waals surface area contributed by atoms with Crippen LogP contribution in [0.3, 0.4) is 0 Å². The molecule has 2 aromatic carbocycles. The fraction of sp³-hybridized carbons (Fsp3) is 0.176. The third-order valence-corrected chi connectivity index (χ3v) is 4.34. The number of hydrogen-bond donors (Lipinski definition) is 1. The summed E-state index contributed by atoms with van der Waals surface area (Å²) in [5.41, 5.74) is 8.40. The van der Waals surface area contributed by atoms with Gasteiger partial charge in [-0.3, -0.25) is 0 Å². The van der Waals surface area contributed by atoms with Gasteiger partial charge >= 0.3 is 0 Å². The van der Waals surface area contributed by atoms with E-state index in [-0.39, 0.29) is 6.04 Å². The summed E-state index contributed by atoms with van der Waals surface area (Å²) in [6.07, 6.45) is 0. The zero-order valence-electron chi connectivity index (χ0n) is 11.4. The highest BCUT2D eigenvalue weighted by Crippen LogP contribution is 2.27. The molecule has 0 aliphatic heterocycles. The van der Waals surface area contributed by atoms with E-state index in [1.807, 2.05) is 30.3 Å². The van der Waals surface area contributed by atoms with Crippen LogP contribution in [-0.2, 0) is 0 Å². The van der Waals surface area contributed by atoms with Crippen LogP contribution in [0.1, 0.15) is 17.4 Å². The summed E-state index contributed by atoms with van der Waals surface area (Å²) >= 11 is 1.76. The van der Waals surface area contributed by atoms with Gasteiger partial charge in [0.25, 0.3) is 0 Å². The van der Waals surface area contributed by atoms with E-state index in [2.05, 4.69) is 31.2 Å². The van der Waals surface area contributed by atoms with Crippen LogP contribution in [-0.4, -0.2) is 5.75 Å². The molecular weight excluding hydrogens is 266 g/mol. The van der Waals surface area contributed by atoms with Gasteiger partial charge in [-0.1, -0.05) is 35.9 Å². The average Bonchev–Trinajstić information content (AvgIpc) is 2.89. The van der Waals surface area contributed by atoms with Crippen molar-refractivity contribution < 1.29 is 4.42 Å². The molecule has 1 unspecified atom stereocenters. The standard InChI is InChI=1S/C17H17NOS/c1-12-5-4-7-14(9-12)20-11-15(18)17-10-13-6-2-3-8-16(13)19-17/h2-10,15H,11,18H2,1H3. The Morgan fingerprint density at radius 1 is 1.10 bits per heavy atom. The van der Waals surface area contributed by atoms with E-state index in [0.29, 0.717) is 0 Å². The molecule has 0 saturated carbocycles. The lowest BCUT2D eigenvalue weighted by Crippen LogP contribution is -2.11. The number of hydrogen-bond acceptors (Lipinski definition) is 3. The number of fused-ring (bicyclic) bond motifs is 1. The normalized spacial score (nSPS) is 12.7. The van der Waals surface area contributed by atoms with Gasteiger partial charge in [0.05, 0.1) is 6.04 Å². The third-order valence-electron chi connectivity index (χ3n) is 3.23. The fourth-order valence-corrected chi connectivity index (χ4v) is 3.14. The molecule has 2 nitrogen and oxygen atoms in total. The number of benzene rings is 2. The quantitative estimate of drug-likeness (QED) is 0.715. The molecule has 0 saturated heterocycles. The third kappa shape index (κ3) is 2.89. The zero-order chi connectivity index (χ0) is 13.9. The van der Waals surface area contributed by atoms with Gasteiger partial charge in [-0.25, -0.2) is 0 Å². The monoisotopic (exact) mass is 283 g/mol. The summed E-state index contributed by atoms with van der Waals surface area (Å²) in [6, 6.07) is 18.4. The molecule has 1 atom stereocenters. The predicted molar refractivity (Wildman–Crippen MR) is 85.0 cm³/mol. The van der Waals surface area contributed by atoms with E-state index in [9.17, 15) is 0 Å². The summed E-state index contributed by atoms with van der Waals surface area (Å²) in [7, 11) is 0. The van der Waals surface area contributed by atoms with E-state index in [0.717, 1.165) is 22.5 Å². The highest BCUT2D eigenvalue weighted by molar-refractivity contribution is 7.99. The van der Waals surface area contributed by atoms with Crippen molar-refractivity contribution in [1.29, 1.82) is 0 Å². The fourth-order valence-electron chi connectivity index (χ4n) is 2.16. The maximum atomic E-state index is 6.23. The maximum absolute atomic E-state index is 6.23. The Morgan fingerprint density at radius 2 is 1.95 bits per heavy atom. The first-order chi connectivity index (χ1) is 9.72. The highest BCUT2D eigenvalue weighted by Gasteiger charge is 2.12. The van der Waals surface area contributed by atoms with Gasteiger partial charge in [-0.15, -0.1) is 11.8 Å². The molecule has 3 rings (SSSR count).